The first-order valence-corrected chi connectivity index (χ1v) is 24.0. The standard InChI is InChI=1S/C53H86O9/c1-3-5-7-9-11-13-15-17-19-21-22-23-24-25-27-29-31-33-35-37-39-41-43-59-45-47(46-60-53-52(58)51(57)50(56)48(44-54)62-53)61-49(55)42-40-38-36-34-32-30-28-26-20-18-16-14-12-10-8-6-4-2/h5-8,11-14,17-20,22-23,28,30,34,36,47-48,50-54,56-58H,3-4,9-10,15-16,21,24-27,29,31-33,35,37-46H2,1-2H3/b7-5-,8-6-,13-11-,14-12-,19-17-,20-18-,23-22-,30-28-,36-34-. The van der Waals surface area contributed by atoms with E-state index < -0.39 is 43.4 Å². The van der Waals surface area contributed by atoms with Crippen LogP contribution in [0.15, 0.2) is 109 Å². The molecule has 62 heavy (non-hydrogen) atoms. The van der Waals surface area contributed by atoms with Crippen LogP contribution in [0.5, 0.6) is 0 Å². The van der Waals surface area contributed by atoms with Crippen molar-refractivity contribution in [3.8, 4) is 0 Å². The number of ether oxygens (including phenoxy) is 4. The fourth-order valence-corrected chi connectivity index (χ4v) is 6.52. The number of aliphatic hydroxyl groups excluding tert-OH is 4. The van der Waals surface area contributed by atoms with E-state index in [1.807, 2.05) is 0 Å². The molecule has 0 amide bonds. The summed E-state index contributed by atoms with van der Waals surface area (Å²) in [5.41, 5.74) is 0. The zero-order valence-electron chi connectivity index (χ0n) is 38.6. The number of esters is 1. The van der Waals surface area contributed by atoms with E-state index in [-0.39, 0.29) is 25.6 Å². The second-order valence-electron chi connectivity index (χ2n) is 15.8. The second kappa shape index (κ2) is 43.1. The van der Waals surface area contributed by atoms with Gasteiger partial charge in [0.1, 0.15) is 30.5 Å². The maximum absolute atomic E-state index is 12.8. The lowest BCUT2D eigenvalue weighted by Gasteiger charge is -2.39. The molecule has 6 atom stereocenters. The molecule has 0 aromatic carbocycles. The normalized spacial score (nSPS) is 20.8. The molecule has 0 spiro atoms. The highest BCUT2D eigenvalue weighted by Gasteiger charge is 2.44. The third-order valence-electron chi connectivity index (χ3n) is 10.2. The molecule has 1 fully saturated rings. The molecular formula is C53H86O9. The third-order valence-corrected chi connectivity index (χ3v) is 10.2. The monoisotopic (exact) mass is 867 g/mol. The highest BCUT2D eigenvalue weighted by atomic mass is 16.7. The molecule has 6 unspecified atom stereocenters. The summed E-state index contributed by atoms with van der Waals surface area (Å²) in [6, 6.07) is 0. The Hall–Kier alpha value is -3.15. The summed E-state index contributed by atoms with van der Waals surface area (Å²) < 4.78 is 22.8. The van der Waals surface area contributed by atoms with E-state index >= 15 is 0 Å². The molecule has 0 radical (unpaired) electrons. The van der Waals surface area contributed by atoms with Gasteiger partial charge in [0.2, 0.25) is 0 Å². The number of hydrogen-bond acceptors (Lipinski definition) is 9. The van der Waals surface area contributed by atoms with Gasteiger partial charge in [-0.2, -0.15) is 0 Å². The van der Waals surface area contributed by atoms with Crippen molar-refractivity contribution in [3.63, 3.8) is 0 Å². The van der Waals surface area contributed by atoms with E-state index in [0.29, 0.717) is 13.0 Å². The molecule has 9 nitrogen and oxygen atoms in total. The van der Waals surface area contributed by atoms with Crippen molar-refractivity contribution < 1.29 is 44.2 Å². The number of rotatable bonds is 39. The topological polar surface area (TPSA) is 135 Å². The summed E-state index contributed by atoms with van der Waals surface area (Å²) in [4.78, 5) is 12.8. The van der Waals surface area contributed by atoms with Gasteiger partial charge < -0.3 is 39.4 Å². The maximum Gasteiger partial charge on any atom is 0.306 e. The lowest BCUT2D eigenvalue weighted by atomic mass is 9.99. The van der Waals surface area contributed by atoms with Crippen LogP contribution >= 0.6 is 0 Å². The molecular weight excluding hydrogens is 781 g/mol. The lowest BCUT2D eigenvalue weighted by Crippen LogP contribution is -2.59. The van der Waals surface area contributed by atoms with Crippen LogP contribution < -0.4 is 0 Å². The van der Waals surface area contributed by atoms with E-state index in [4.69, 9.17) is 18.9 Å². The van der Waals surface area contributed by atoms with Crippen molar-refractivity contribution in [2.45, 2.75) is 192 Å². The summed E-state index contributed by atoms with van der Waals surface area (Å²) >= 11 is 0. The fourth-order valence-electron chi connectivity index (χ4n) is 6.52. The Labute approximate surface area is 376 Å². The van der Waals surface area contributed by atoms with Gasteiger partial charge in [0.25, 0.3) is 0 Å². The molecule has 0 bridgehead atoms. The van der Waals surface area contributed by atoms with Gasteiger partial charge in [0.15, 0.2) is 6.29 Å². The van der Waals surface area contributed by atoms with Crippen molar-refractivity contribution >= 4 is 5.97 Å². The molecule has 1 saturated heterocycles. The smallest absolute Gasteiger partial charge is 0.306 e. The Morgan fingerprint density at radius 2 is 0.935 bits per heavy atom. The van der Waals surface area contributed by atoms with Crippen LogP contribution in [0.2, 0.25) is 0 Å². The first-order valence-electron chi connectivity index (χ1n) is 24.0. The van der Waals surface area contributed by atoms with Gasteiger partial charge in [-0.1, -0.05) is 168 Å². The number of unbranched alkanes of at least 4 members (excludes halogenated alkanes) is 10. The van der Waals surface area contributed by atoms with Crippen molar-refractivity contribution in [2.75, 3.05) is 26.4 Å². The van der Waals surface area contributed by atoms with Gasteiger partial charge >= 0.3 is 5.97 Å². The highest BCUT2D eigenvalue weighted by molar-refractivity contribution is 5.69. The van der Waals surface area contributed by atoms with Crippen molar-refractivity contribution in [1.29, 1.82) is 0 Å². The number of allylic oxidation sites excluding steroid dienone is 18. The maximum atomic E-state index is 12.8. The molecule has 0 aromatic rings. The first kappa shape index (κ1) is 56.9. The van der Waals surface area contributed by atoms with E-state index in [9.17, 15) is 25.2 Å². The Balaban J connectivity index is 2.28. The molecule has 1 rings (SSSR count). The summed E-state index contributed by atoms with van der Waals surface area (Å²) in [5.74, 6) is -0.377. The zero-order valence-corrected chi connectivity index (χ0v) is 38.6. The second-order valence-corrected chi connectivity index (χ2v) is 15.8. The minimum absolute atomic E-state index is 0.110. The van der Waals surface area contributed by atoms with E-state index in [2.05, 4.69) is 123 Å². The number of carbonyl (C=O) groups excluding carboxylic acids is 1. The van der Waals surface area contributed by atoms with Gasteiger partial charge in [-0.25, -0.2) is 0 Å². The summed E-state index contributed by atoms with van der Waals surface area (Å²) in [5, 5.41) is 40.2. The fraction of sp³-hybridized carbons (Fsp3) is 0.642. The largest absolute Gasteiger partial charge is 0.457 e. The molecule has 9 heteroatoms. The minimum Gasteiger partial charge on any atom is -0.457 e. The van der Waals surface area contributed by atoms with Gasteiger partial charge in [-0.15, -0.1) is 0 Å². The summed E-state index contributed by atoms with van der Waals surface area (Å²) in [6.07, 6.45) is 54.1. The molecule has 352 valence electrons. The summed E-state index contributed by atoms with van der Waals surface area (Å²) in [7, 11) is 0. The first-order chi connectivity index (χ1) is 30.4. The van der Waals surface area contributed by atoms with Crippen molar-refractivity contribution in [1.82, 2.24) is 0 Å². The molecule has 1 aliphatic rings. The molecule has 0 aliphatic carbocycles. The number of carbonyl (C=O) groups is 1. The summed E-state index contributed by atoms with van der Waals surface area (Å²) in [6.45, 7) is 4.22. The van der Waals surface area contributed by atoms with Crippen LogP contribution in [-0.4, -0.2) is 89.6 Å². The third kappa shape index (κ3) is 33.4. The highest BCUT2D eigenvalue weighted by Crippen LogP contribution is 2.22. The molecule has 0 aromatic heterocycles. The van der Waals surface area contributed by atoms with E-state index in [1.165, 1.54) is 38.5 Å². The predicted octanol–water partition coefficient (Wildman–Crippen LogP) is 11.4. The lowest BCUT2D eigenvalue weighted by molar-refractivity contribution is -0.305. The van der Waals surface area contributed by atoms with Crippen LogP contribution in [-0.2, 0) is 23.7 Å². The predicted molar refractivity (Wildman–Crippen MR) is 256 cm³/mol. The molecule has 1 heterocycles. The zero-order chi connectivity index (χ0) is 45.0. The average Bonchev–Trinajstić information content (AvgIpc) is 3.27. The quantitative estimate of drug-likeness (QED) is 0.0271. The van der Waals surface area contributed by atoms with Crippen LogP contribution in [0, 0.1) is 0 Å². The van der Waals surface area contributed by atoms with Gasteiger partial charge in [-0.3, -0.25) is 4.79 Å². The van der Waals surface area contributed by atoms with Crippen LogP contribution in [0.3, 0.4) is 0 Å². The van der Waals surface area contributed by atoms with Crippen LogP contribution in [0.1, 0.15) is 155 Å². The SMILES string of the molecule is CC/C=C\C/C=C\C/C=C\C/C=C\C/C=C\CCCC(=O)OC(COCCCCCCCCCCC/C=C\C/C=C\C/C=C\C/C=C\CC)COC1OC(CO)C(O)C(O)C1O. The van der Waals surface area contributed by atoms with Gasteiger partial charge in [-0.05, 0) is 89.9 Å². The van der Waals surface area contributed by atoms with Crippen LogP contribution in [0.4, 0.5) is 0 Å². The van der Waals surface area contributed by atoms with E-state index in [0.717, 1.165) is 89.9 Å². The van der Waals surface area contributed by atoms with Crippen molar-refractivity contribution in [3.05, 3.63) is 109 Å². The number of hydrogen-bond donors (Lipinski definition) is 4. The average molecular weight is 867 g/mol. The van der Waals surface area contributed by atoms with E-state index in [1.54, 1.807) is 0 Å². The number of aliphatic hydroxyl groups is 4. The Morgan fingerprint density at radius 3 is 1.40 bits per heavy atom. The Kier molecular flexibility index (Phi) is 39.5. The molecule has 4 N–H and O–H groups in total. The minimum atomic E-state index is -1.55. The molecule has 1 aliphatic heterocycles. The van der Waals surface area contributed by atoms with Crippen molar-refractivity contribution in [2.24, 2.45) is 0 Å². The molecule has 0 saturated carbocycles. The van der Waals surface area contributed by atoms with Gasteiger partial charge in [0, 0.05) is 13.0 Å². The Morgan fingerprint density at radius 1 is 0.516 bits per heavy atom. The van der Waals surface area contributed by atoms with Gasteiger partial charge in [0.05, 0.1) is 19.8 Å². The Bertz CT molecular complexity index is 1310. The van der Waals surface area contributed by atoms with Crippen LogP contribution in [0.25, 0.3) is 0 Å².